The SMILES string of the molecule is CCCC(/C(C)=C(\C)C=C(C)C)N1CCNCC1. The van der Waals surface area contributed by atoms with Crippen LogP contribution in [-0.2, 0) is 0 Å². The van der Waals surface area contributed by atoms with Gasteiger partial charge in [0.25, 0.3) is 0 Å². The molecule has 0 radical (unpaired) electrons. The van der Waals surface area contributed by atoms with Crippen LogP contribution in [0.15, 0.2) is 22.8 Å². The van der Waals surface area contributed by atoms with Crippen molar-refractivity contribution < 1.29 is 0 Å². The molecular formula is C16H30N2. The highest BCUT2D eigenvalue weighted by Gasteiger charge is 2.21. The maximum Gasteiger partial charge on any atom is 0.0311 e. The van der Waals surface area contributed by atoms with E-state index in [1.54, 1.807) is 5.57 Å². The van der Waals surface area contributed by atoms with Crippen LogP contribution in [-0.4, -0.2) is 37.1 Å². The van der Waals surface area contributed by atoms with E-state index < -0.39 is 0 Å². The van der Waals surface area contributed by atoms with Gasteiger partial charge in [-0.05, 0) is 34.1 Å². The van der Waals surface area contributed by atoms with Gasteiger partial charge in [-0.1, -0.05) is 36.1 Å². The monoisotopic (exact) mass is 250 g/mol. The van der Waals surface area contributed by atoms with E-state index in [1.807, 2.05) is 0 Å². The summed E-state index contributed by atoms with van der Waals surface area (Å²) in [7, 11) is 0. The van der Waals surface area contributed by atoms with Crippen molar-refractivity contribution in [1.82, 2.24) is 10.2 Å². The summed E-state index contributed by atoms with van der Waals surface area (Å²) in [6, 6.07) is 0.632. The zero-order chi connectivity index (χ0) is 13.5. The summed E-state index contributed by atoms with van der Waals surface area (Å²) in [5, 5.41) is 3.44. The Labute approximate surface area is 113 Å². The third kappa shape index (κ3) is 4.58. The number of hydrogen-bond acceptors (Lipinski definition) is 2. The van der Waals surface area contributed by atoms with Crippen molar-refractivity contribution in [3.63, 3.8) is 0 Å². The maximum atomic E-state index is 3.44. The fourth-order valence-electron chi connectivity index (χ4n) is 2.75. The average molecular weight is 250 g/mol. The molecule has 0 aliphatic carbocycles. The Morgan fingerprint density at radius 1 is 1.17 bits per heavy atom. The van der Waals surface area contributed by atoms with Gasteiger partial charge in [0.2, 0.25) is 0 Å². The molecule has 1 saturated heterocycles. The van der Waals surface area contributed by atoms with E-state index in [9.17, 15) is 0 Å². The lowest BCUT2D eigenvalue weighted by atomic mass is 9.96. The fourth-order valence-corrected chi connectivity index (χ4v) is 2.75. The molecule has 2 nitrogen and oxygen atoms in total. The van der Waals surface area contributed by atoms with E-state index in [1.165, 1.54) is 37.1 Å². The zero-order valence-electron chi connectivity index (χ0n) is 12.8. The van der Waals surface area contributed by atoms with Crippen LogP contribution in [0.2, 0.25) is 0 Å². The molecule has 1 unspecified atom stereocenters. The maximum absolute atomic E-state index is 3.44. The smallest absolute Gasteiger partial charge is 0.0311 e. The molecule has 0 saturated carbocycles. The zero-order valence-corrected chi connectivity index (χ0v) is 12.8. The summed E-state index contributed by atoms with van der Waals surface area (Å²) in [5.41, 5.74) is 4.40. The quantitative estimate of drug-likeness (QED) is 0.753. The van der Waals surface area contributed by atoms with Crippen LogP contribution in [0.3, 0.4) is 0 Å². The van der Waals surface area contributed by atoms with Crippen molar-refractivity contribution in [2.24, 2.45) is 0 Å². The molecule has 1 aliphatic heterocycles. The number of piperazine rings is 1. The van der Waals surface area contributed by atoms with Crippen molar-refractivity contribution in [2.75, 3.05) is 26.2 Å². The standard InChI is InChI=1S/C16H30N2/c1-6-7-16(18-10-8-17-9-11-18)15(5)14(4)12-13(2)3/h12,16-17H,6-11H2,1-5H3/b15-14+. The van der Waals surface area contributed by atoms with Gasteiger partial charge >= 0.3 is 0 Å². The van der Waals surface area contributed by atoms with Gasteiger partial charge in [-0.3, -0.25) is 4.90 Å². The second kappa shape index (κ2) is 7.75. The Hall–Kier alpha value is -0.600. The van der Waals surface area contributed by atoms with Crippen molar-refractivity contribution in [2.45, 2.75) is 53.5 Å². The van der Waals surface area contributed by atoms with Gasteiger partial charge in [0, 0.05) is 32.2 Å². The van der Waals surface area contributed by atoms with E-state index in [0.717, 1.165) is 13.1 Å². The first-order valence-electron chi connectivity index (χ1n) is 7.33. The molecule has 104 valence electrons. The van der Waals surface area contributed by atoms with Gasteiger partial charge in [0.1, 0.15) is 0 Å². The third-order valence-electron chi connectivity index (χ3n) is 3.78. The molecule has 1 N–H and O–H groups in total. The topological polar surface area (TPSA) is 15.3 Å². The molecule has 0 aromatic heterocycles. The minimum atomic E-state index is 0.632. The van der Waals surface area contributed by atoms with Crippen molar-refractivity contribution in [3.8, 4) is 0 Å². The predicted octanol–water partition coefficient (Wildman–Crippen LogP) is 3.36. The molecule has 0 bridgehead atoms. The Morgan fingerprint density at radius 2 is 1.78 bits per heavy atom. The van der Waals surface area contributed by atoms with Gasteiger partial charge < -0.3 is 5.32 Å². The summed E-state index contributed by atoms with van der Waals surface area (Å²) in [6.07, 6.45) is 4.86. The molecule has 0 aromatic rings. The van der Waals surface area contributed by atoms with Crippen LogP contribution in [0, 0.1) is 0 Å². The number of nitrogens with one attached hydrogen (secondary N) is 1. The number of nitrogens with zero attached hydrogens (tertiary/aromatic N) is 1. The minimum Gasteiger partial charge on any atom is -0.314 e. The summed E-state index contributed by atoms with van der Waals surface area (Å²) in [5.74, 6) is 0. The molecule has 0 amide bonds. The molecule has 1 aliphatic rings. The van der Waals surface area contributed by atoms with Crippen LogP contribution in [0.1, 0.15) is 47.5 Å². The lowest BCUT2D eigenvalue weighted by Crippen LogP contribution is -2.48. The number of allylic oxidation sites excluding steroid dienone is 3. The molecule has 0 aromatic carbocycles. The molecule has 1 rings (SSSR count). The molecule has 1 fully saturated rings. The van der Waals surface area contributed by atoms with Crippen LogP contribution in [0.4, 0.5) is 0 Å². The summed E-state index contributed by atoms with van der Waals surface area (Å²) < 4.78 is 0. The number of rotatable bonds is 5. The Morgan fingerprint density at radius 3 is 2.28 bits per heavy atom. The summed E-state index contributed by atoms with van der Waals surface area (Å²) in [4.78, 5) is 2.65. The van der Waals surface area contributed by atoms with Crippen LogP contribution in [0.5, 0.6) is 0 Å². The lowest BCUT2D eigenvalue weighted by Gasteiger charge is -2.36. The molecule has 1 heterocycles. The van der Waals surface area contributed by atoms with Crippen LogP contribution in [0.25, 0.3) is 0 Å². The van der Waals surface area contributed by atoms with Crippen molar-refractivity contribution >= 4 is 0 Å². The van der Waals surface area contributed by atoms with Gasteiger partial charge in [-0.2, -0.15) is 0 Å². The Bertz CT molecular complexity index is 305. The van der Waals surface area contributed by atoms with E-state index in [4.69, 9.17) is 0 Å². The highest BCUT2D eigenvalue weighted by Crippen LogP contribution is 2.21. The van der Waals surface area contributed by atoms with E-state index in [2.05, 4.69) is 50.9 Å². The molecule has 18 heavy (non-hydrogen) atoms. The lowest BCUT2D eigenvalue weighted by molar-refractivity contribution is 0.185. The van der Waals surface area contributed by atoms with Gasteiger partial charge in [0.15, 0.2) is 0 Å². The number of hydrogen-bond donors (Lipinski definition) is 1. The van der Waals surface area contributed by atoms with Crippen molar-refractivity contribution in [1.29, 1.82) is 0 Å². The summed E-state index contributed by atoms with van der Waals surface area (Å²) >= 11 is 0. The second-order valence-electron chi connectivity index (χ2n) is 5.68. The predicted molar refractivity (Wildman–Crippen MR) is 80.9 cm³/mol. The normalized spacial score (nSPS) is 20.3. The molecule has 2 heteroatoms. The first-order valence-corrected chi connectivity index (χ1v) is 7.33. The van der Waals surface area contributed by atoms with E-state index >= 15 is 0 Å². The second-order valence-corrected chi connectivity index (χ2v) is 5.68. The fraction of sp³-hybridized carbons (Fsp3) is 0.750. The van der Waals surface area contributed by atoms with E-state index in [0.29, 0.717) is 6.04 Å². The average Bonchev–Trinajstić information content (AvgIpc) is 2.35. The minimum absolute atomic E-state index is 0.632. The van der Waals surface area contributed by atoms with Crippen LogP contribution < -0.4 is 5.32 Å². The largest absolute Gasteiger partial charge is 0.314 e. The first kappa shape index (κ1) is 15.5. The third-order valence-corrected chi connectivity index (χ3v) is 3.78. The first-order chi connectivity index (χ1) is 8.56. The molecule has 0 spiro atoms. The highest BCUT2D eigenvalue weighted by atomic mass is 15.2. The van der Waals surface area contributed by atoms with Gasteiger partial charge in [0.05, 0.1) is 0 Å². The Kier molecular flexibility index (Phi) is 6.66. The van der Waals surface area contributed by atoms with E-state index in [-0.39, 0.29) is 0 Å². The molecule has 1 atom stereocenters. The molecular weight excluding hydrogens is 220 g/mol. The van der Waals surface area contributed by atoms with Gasteiger partial charge in [-0.15, -0.1) is 0 Å². The van der Waals surface area contributed by atoms with Crippen LogP contribution >= 0.6 is 0 Å². The summed E-state index contributed by atoms with van der Waals surface area (Å²) in [6.45, 7) is 15.9. The van der Waals surface area contributed by atoms with Gasteiger partial charge in [-0.25, -0.2) is 0 Å². The highest BCUT2D eigenvalue weighted by molar-refractivity contribution is 5.28. The van der Waals surface area contributed by atoms with Crippen molar-refractivity contribution in [3.05, 3.63) is 22.8 Å². The Balaban J connectivity index is 2.85.